The largest absolute Gasteiger partial charge is 0.458 e. The third-order valence-corrected chi connectivity index (χ3v) is 23.3. The first-order chi connectivity index (χ1) is 48.5. The predicted octanol–water partition coefficient (Wildman–Crippen LogP) is 17.3. The van der Waals surface area contributed by atoms with E-state index in [1.807, 2.05) is 11.3 Å². The quantitative estimate of drug-likeness (QED) is 0.106. The second-order valence-electron chi connectivity index (χ2n) is 25.5. The van der Waals surface area contributed by atoms with Crippen molar-refractivity contribution >= 4 is 197 Å². The van der Waals surface area contributed by atoms with Gasteiger partial charge in [-0.15, -0.1) is 22.7 Å². The van der Waals surface area contributed by atoms with Crippen LogP contribution in [0.4, 0.5) is 73.9 Å². The summed E-state index contributed by atoms with van der Waals surface area (Å²) in [5.74, 6) is 6.41. The lowest BCUT2D eigenvalue weighted by atomic mass is 9.31. The molecule has 15 heteroatoms. The third-order valence-electron chi connectivity index (χ3n) is 20.1. The molecule has 0 saturated carbocycles. The van der Waals surface area contributed by atoms with Crippen molar-refractivity contribution in [1.82, 2.24) is 0 Å². The number of thiophene rings is 2. The number of para-hydroxylation sites is 6. The zero-order chi connectivity index (χ0) is 64.3. The molecular weight excluding hydrogens is 1260 g/mol. The third kappa shape index (κ3) is 8.43. The van der Waals surface area contributed by atoms with Gasteiger partial charge < -0.3 is 39.0 Å². The minimum Gasteiger partial charge on any atom is -0.458 e. The highest BCUT2D eigenvalue weighted by Gasteiger charge is 2.50. The van der Waals surface area contributed by atoms with Gasteiger partial charge in [-0.2, -0.15) is 0 Å². The summed E-state index contributed by atoms with van der Waals surface area (Å²) < 4.78 is 36.9. The minimum absolute atomic E-state index is 0.167. The van der Waals surface area contributed by atoms with Crippen molar-refractivity contribution in [1.29, 1.82) is 0 Å². The number of ether oxygens (including phenoxy) is 4. The van der Waals surface area contributed by atoms with Gasteiger partial charge in [-0.3, -0.25) is 4.31 Å². The van der Waals surface area contributed by atoms with Crippen molar-refractivity contribution in [3.05, 3.63) is 291 Å². The van der Waals surface area contributed by atoms with Crippen molar-refractivity contribution in [2.24, 2.45) is 0 Å². The van der Waals surface area contributed by atoms with Crippen LogP contribution in [0, 0.1) is 0 Å². The van der Waals surface area contributed by atoms with Crippen molar-refractivity contribution in [3.63, 3.8) is 0 Å². The van der Waals surface area contributed by atoms with E-state index >= 15 is 0 Å². The van der Waals surface area contributed by atoms with Gasteiger partial charge in [-0.1, -0.05) is 146 Å². The molecule has 0 bridgehead atoms. The van der Waals surface area contributed by atoms with Crippen LogP contribution in [0.25, 0.3) is 20.2 Å². The van der Waals surface area contributed by atoms with Crippen LogP contribution in [0.15, 0.2) is 291 Å². The van der Waals surface area contributed by atoms with E-state index in [2.05, 4.69) is 322 Å². The van der Waals surface area contributed by atoms with Crippen LogP contribution < -0.4 is 91.1 Å². The summed E-state index contributed by atoms with van der Waals surface area (Å²) in [5.41, 5.74) is 21.0. The van der Waals surface area contributed by atoms with Gasteiger partial charge >= 0.3 is 0 Å². The first-order valence-electron chi connectivity index (χ1n) is 33.0. The van der Waals surface area contributed by atoms with E-state index < -0.39 is 0 Å². The molecule has 0 spiro atoms. The Morgan fingerprint density at radius 1 is 0.316 bits per heavy atom. The van der Waals surface area contributed by atoms with Crippen LogP contribution in [-0.4, -0.2) is 26.4 Å². The summed E-state index contributed by atoms with van der Waals surface area (Å²) in [6, 6.07) is 104. The van der Waals surface area contributed by atoms with Crippen LogP contribution in [0.2, 0.25) is 0 Å². The molecule has 8 heterocycles. The highest BCUT2D eigenvalue weighted by Crippen LogP contribution is 2.51. The second-order valence-corrected chi connectivity index (χ2v) is 28.4. The first kappa shape index (κ1) is 55.8. The van der Waals surface area contributed by atoms with Gasteiger partial charge in [0, 0.05) is 123 Å². The number of nitrogens with zero attached hydrogens (tertiary/aromatic N) is 4. The van der Waals surface area contributed by atoms with Crippen LogP contribution in [-0.2, 0) is 0 Å². The van der Waals surface area contributed by atoms with Crippen molar-refractivity contribution in [3.8, 4) is 46.0 Å². The van der Waals surface area contributed by atoms with Crippen molar-refractivity contribution in [2.75, 3.05) is 30.6 Å². The Morgan fingerprint density at radius 2 is 0.704 bits per heavy atom. The summed E-state index contributed by atoms with van der Waals surface area (Å²) in [5, 5.41) is 6.34. The van der Waals surface area contributed by atoms with E-state index in [1.54, 1.807) is 23.3 Å². The molecule has 0 saturated heterocycles. The fraction of sp³-hybridized carbons (Fsp3) is 0.0120. The molecule has 15 aromatic rings. The average Bonchev–Trinajstić information content (AvgIpc) is 1.01. The topological polar surface area (TPSA) is 61.9 Å². The summed E-state index contributed by atoms with van der Waals surface area (Å²) >= 11 is 5.35. The number of rotatable bonds is 10. The van der Waals surface area contributed by atoms with Crippen LogP contribution in [0.1, 0.15) is 0 Å². The number of nitrogens with one attached hydrogen (secondary N) is 1. The number of hydrogen-bond acceptors (Lipinski definition) is 12. The molecule has 21 rings (SSSR count). The summed E-state index contributed by atoms with van der Waals surface area (Å²) in [4.78, 5) is 6.94. The molecule has 0 unspecified atom stereocenters. The fourth-order valence-electron chi connectivity index (χ4n) is 16.0. The van der Waals surface area contributed by atoms with Gasteiger partial charge in [0.1, 0.15) is 46.0 Å². The van der Waals surface area contributed by atoms with Crippen LogP contribution in [0.5, 0.6) is 46.0 Å². The predicted molar refractivity (Wildman–Crippen MR) is 413 cm³/mol. The molecule has 6 aliphatic heterocycles. The normalized spacial score (nSPS) is 13.3. The molecule has 9 nitrogen and oxygen atoms in total. The number of fused-ring (bicyclic) bond motifs is 16. The lowest BCUT2D eigenvalue weighted by molar-refractivity contribution is 0.458. The van der Waals surface area contributed by atoms with Gasteiger partial charge in [0.15, 0.2) is 0 Å². The van der Waals surface area contributed by atoms with E-state index in [0.717, 1.165) is 163 Å². The molecule has 1 N–H and O–H groups in total. The molecule has 0 atom stereocenters. The van der Waals surface area contributed by atoms with Gasteiger partial charge in [0.25, 0.3) is 20.1 Å². The molecule has 0 radical (unpaired) electrons. The summed E-state index contributed by atoms with van der Waals surface area (Å²) in [6.45, 7) is -0.690. The Balaban J connectivity index is 0.799. The van der Waals surface area contributed by atoms with Crippen LogP contribution >= 0.6 is 34.6 Å². The average molecular weight is 1310 g/mol. The maximum absolute atomic E-state index is 7.65. The maximum atomic E-state index is 7.65. The van der Waals surface area contributed by atoms with Gasteiger partial charge in [-0.25, -0.2) is 0 Å². The van der Waals surface area contributed by atoms with Crippen LogP contribution in [0.3, 0.4) is 0 Å². The van der Waals surface area contributed by atoms with E-state index in [-0.39, 0.29) is 20.1 Å². The van der Waals surface area contributed by atoms with Crippen molar-refractivity contribution < 1.29 is 18.9 Å². The Labute approximate surface area is 579 Å². The minimum atomic E-state index is -0.292. The maximum Gasteiger partial charge on any atom is 0.273 e. The molecule has 98 heavy (non-hydrogen) atoms. The van der Waals surface area contributed by atoms with E-state index in [9.17, 15) is 0 Å². The molecule has 6 aliphatic rings. The highest BCUT2D eigenvalue weighted by atomic mass is 32.2. The molecule has 0 fully saturated rings. The zero-order valence-corrected chi connectivity index (χ0v) is 55.0. The molecular formula is C83H52B3N5O4S3. The monoisotopic (exact) mass is 1310 g/mol. The van der Waals surface area contributed by atoms with E-state index in [1.165, 1.54) is 25.1 Å². The first-order valence-corrected chi connectivity index (χ1v) is 35.8. The molecule has 2 aromatic heterocycles. The number of benzene rings is 13. The summed E-state index contributed by atoms with van der Waals surface area (Å²) in [7, 11) is 0. The molecule has 13 aromatic carbocycles. The Kier molecular flexibility index (Phi) is 12.4. The lowest BCUT2D eigenvalue weighted by Crippen LogP contribution is -2.64. The summed E-state index contributed by atoms with van der Waals surface area (Å²) in [6.07, 6.45) is 2.19. The highest BCUT2D eigenvalue weighted by molar-refractivity contribution is 8.00. The standard InChI is InChI=1S/C83H52B3N5O4S3/c1-96-91-67-48-65-61(85-77-66(87-65)40-56(88(50-24-8-2-9-25-50)51-26-10-3-11-27-51)42-71(77)94-80-59-36-20-22-38-75(59)97-82(80)85)46-62(67)84-63-47-64-70(49-69(63)92-72-43-57(41-68(91)78(72)84)89(52-28-12-4-13-29-52)53-30-14-5-15-31-53)93-73-44-58(90(54-32-16-6-17-33-54)55-34-18-7-19-35-55)45-74-79(73)86(64)83-81(95-74)60-37-21-23-39-76(60)98-83/h2-49,87H,1H3. The second kappa shape index (κ2) is 21.8. The van der Waals surface area contributed by atoms with Gasteiger partial charge in [0.05, 0.1) is 22.7 Å². The zero-order valence-electron chi connectivity index (χ0n) is 52.6. The molecule has 0 amide bonds. The number of hydrogen-bond donors (Lipinski definition) is 1. The van der Waals surface area contributed by atoms with Gasteiger partial charge in [-0.05, 0) is 160 Å². The Hall–Kier alpha value is -11.5. The van der Waals surface area contributed by atoms with Crippen molar-refractivity contribution in [2.45, 2.75) is 0 Å². The molecule has 460 valence electrons. The van der Waals surface area contributed by atoms with E-state index in [0.29, 0.717) is 0 Å². The van der Waals surface area contributed by atoms with Gasteiger partial charge in [0.2, 0.25) is 0 Å². The SMILES string of the molecule is CSN1c2cc3c(cc2B2c4cc5c(cc4Oc4cc(N(c6ccccc6)c6ccccc6)cc1c42)Oc1cc(N(c2ccccc2)c2ccccc2)cc2c1B5c1sc4ccccc4c1O2)B1c2sc4ccccc4c2Oc2cc(N(c4ccccc4)c4ccccc4)cc(c21)N3. The Bertz CT molecular complexity index is 5680. The Morgan fingerprint density at radius 3 is 1.18 bits per heavy atom. The lowest BCUT2D eigenvalue weighted by Gasteiger charge is -2.42. The number of anilines is 13. The smallest absolute Gasteiger partial charge is 0.273 e. The fourth-order valence-corrected chi connectivity index (χ4v) is 19.2. The van der Waals surface area contributed by atoms with E-state index in [4.69, 9.17) is 18.9 Å². The molecule has 0 aliphatic carbocycles.